The summed E-state index contributed by atoms with van der Waals surface area (Å²) in [5.41, 5.74) is 4.14. The molecule has 0 radical (unpaired) electrons. The fraction of sp³-hybridized carbons (Fsp3) is 0.389. The van der Waals surface area contributed by atoms with Crippen LogP contribution in [0.5, 0.6) is 11.5 Å². The largest absolute Gasteiger partial charge is 0.493 e. The van der Waals surface area contributed by atoms with Crippen LogP contribution in [-0.2, 0) is 11.2 Å². The third-order valence-electron chi connectivity index (χ3n) is 3.42. The number of carboxylic acid groups (broad SMARTS) is 1. The van der Waals surface area contributed by atoms with Gasteiger partial charge in [-0.25, -0.2) is 4.79 Å². The Morgan fingerprint density at radius 3 is 2.62 bits per heavy atom. The van der Waals surface area contributed by atoms with Gasteiger partial charge in [0.1, 0.15) is 6.04 Å². The van der Waals surface area contributed by atoms with Crippen LogP contribution < -0.4 is 20.7 Å². The molecule has 0 aliphatic heterocycles. The van der Waals surface area contributed by atoms with Gasteiger partial charge in [0.2, 0.25) is 0 Å². The Morgan fingerprint density at radius 1 is 1.42 bits per heavy atom. The molecular formula is C18H28N4O4. The van der Waals surface area contributed by atoms with Crippen molar-refractivity contribution < 1.29 is 19.4 Å². The van der Waals surface area contributed by atoms with E-state index in [1.807, 2.05) is 12.1 Å². The molecule has 0 fully saturated rings. The minimum Gasteiger partial charge on any atom is -0.493 e. The van der Waals surface area contributed by atoms with Crippen molar-refractivity contribution in [3.8, 4) is 11.5 Å². The zero-order valence-electron chi connectivity index (χ0n) is 15.3. The summed E-state index contributed by atoms with van der Waals surface area (Å²) < 4.78 is 10.7. The van der Waals surface area contributed by atoms with Crippen LogP contribution in [0.2, 0.25) is 0 Å². The van der Waals surface area contributed by atoms with Gasteiger partial charge in [-0.05, 0) is 43.7 Å². The number of aliphatic imine (C=N–C) groups is 1. The summed E-state index contributed by atoms with van der Waals surface area (Å²) in [4.78, 5) is 15.5. The average molecular weight is 364 g/mol. The maximum absolute atomic E-state index is 11.3. The van der Waals surface area contributed by atoms with E-state index in [0.29, 0.717) is 42.9 Å². The van der Waals surface area contributed by atoms with Gasteiger partial charge in [-0.3, -0.25) is 16.3 Å². The molecule has 5 N–H and O–H groups in total. The summed E-state index contributed by atoms with van der Waals surface area (Å²) in [6.07, 6.45) is 4.96. The summed E-state index contributed by atoms with van der Waals surface area (Å²) in [5.74, 6) is 5.30. The van der Waals surface area contributed by atoms with Crippen LogP contribution >= 0.6 is 0 Å². The highest BCUT2D eigenvalue weighted by atomic mass is 16.5. The third kappa shape index (κ3) is 7.45. The number of aliphatic carboxylic acids is 1. The second kappa shape index (κ2) is 13.6. The summed E-state index contributed by atoms with van der Waals surface area (Å²) in [5, 5.41) is 14.8. The van der Waals surface area contributed by atoms with Gasteiger partial charge < -0.3 is 20.0 Å². The number of carboxylic acids is 1. The first kappa shape index (κ1) is 23.3. The number of nitrogens with one attached hydrogen (secondary N) is 2. The van der Waals surface area contributed by atoms with Crippen molar-refractivity contribution in [3.05, 3.63) is 35.9 Å². The molecular weight excluding hydrogens is 336 g/mol. The highest BCUT2D eigenvalue weighted by molar-refractivity contribution is 5.87. The van der Waals surface area contributed by atoms with E-state index < -0.39 is 12.0 Å². The molecule has 1 rings (SSSR count). The first-order valence-corrected chi connectivity index (χ1v) is 7.98. The highest BCUT2D eigenvalue weighted by Crippen LogP contribution is 2.32. The second-order valence-electron chi connectivity index (χ2n) is 5.14. The number of carbonyl (C=O) groups is 1. The van der Waals surface area contributed by atoms with Gasteiger partial charge in [0.25, 0.3) is 0 Å². The molecule has 0 bridgehead atoms. The summed E-state index contributed by atoms with van der Waals surface area (Å²) in [6.45, 7) is 6.76. The monoisotopic (exact) mass is 364 g/mol. The Hall–Kier alpha value is -2.71. The van der Waals surface area contributed by atoms with Crippen molar-refractivity contribution in [1.29, 1.82) is 5.41 Å². The number of rotatable bonds is 11. The van der Waals surface area contributed by atoms with E-state index in [1.165, 1.54) is 13.3 Å². The van der Waals surface area contributed by atoms with E-state index in [1.54, 1.807) is 13.2 Å². The van der Waals surface area contributed by atoms with E-state index in [-0.39, 0.29) is 0 Å². The van der Waals surface area contributed by atoms with Crippen molar-refractivity contribution in [2.45, 2.75) is 25.3 Å². The Bertz CT molecular complexity index is 605. The maximum Gasteiger partial charge on any atom is 0.328 e. The molecule has 0 spiro atoms. The number of allylic oxidation sites excluding steroid dienone is 1. The fourth-order valence-electron chi connectivity index (χ4n) is 2.26. The van der Waals surface area contributed by atoms with Gasteiger partial charge in [0.15, 0.2) is 11.5 Å². The summed E-state index contributed by atoms with van der Waals surface area (Å²) >= 11 is 0. The smallest absolute Gasteiger partial charge is 0.328 e. The molecule has 0 saturated carbocycles. The average Bonchev–Trinajstić information content (AvgIpc) is 2.65. The number of nitrogens with zero attached hydrogens (tertiary/aromatic N) is 1. The zero-order chi connectivity index (χ0) is 19.9. The van der Waals surface area contributed by atoms with Crippen LogP contribution in [-0.4, -0.2) is 50.8 Å². The molecule has 1 unspecified atom stereocenters. The molecule has 0 heterocycles. The van der Waals surface area contributed by atoms with Crippen LogP contribution in [0.15, 0.2) is 29.8 Å². The molecule has 8 heteroatoms. The lowest BCUT2D eigenvalue weighted by atomic mass is 10.1. The fourth-order valence-corrected chi connectivity index (χ4v) is 2.26. The summed E-state index contributed by atoms with van der Waals surface area (Å²) in [7, 11) is 3.08. The summed E-state index contributed by atoms with van der Waals surface area (Å²) in [6, 6.07) is 2.91. The predicted octanol–water partition coefficient (Wildman–Crippen LogP) is 1.81. The Labute approximate surface area is 154 Å². The Kier molecular flexibility index (Phi) is 12.2. The first-order chi connectivity index (χ1) is 12.6. The quantitative estimate of drug-likeness (QED) is 0.156. The molecule has 8 nitrogen and oxygen atoms in total. The van der Waals surface area contributed by atoms with Crippen molar-refractivity contribution in [1.82, 2.24) is 5.43 Å². The topological polar surface area (TPSA) is 130 Å². The molecule has 0 aromatic heterocycles. The van der Waals surface area contributed by atoms with Gasteiger partial charge >= 0.3 is 5.97 Å². The number of hydrogen-bond acceptors (Lipinski definition) is 7. The van der Waals surface area contributed by atoms with E-state index in [2.05, 4.69) is 23.7 Å². The van der Waals surface area contributed by atoms with Crippen molar-refractivity contribution in [3.63, 3.8) is 0 Å². The normalized spacial score (nSPS) is 11.3. The molecule has 144 valence electrons. The lowest BCUT2D eigenvalue weighted by molar-refractivity contribution is -0.138. The number of hydrazine groups is 1. The standard InChI is InChI=1S/C17H25N3O4.CH3N/c1-4-6-12-9-13(16(24-3)15(10-12)23-2)11-19-14(17(21)22)7-5-8-20-18;1-2/h4,9-11,14,20H,1,5-8,18H2,2-3H3,(H,21,22);2H,1H2. The Balaban J connectivity index is 0.00000301. The van der Waals surface area contributed by atoms with Gasteiger partial charge in [0, 0.05) is 18.3 Å². The molecule has 0 saturated heterocycles. The van der Waals surface area contributed by atoms with E-state index in [4.69, 9.17) is 20.7 Å². The van der Waals surface area contributed by atoms with Gasteiger partial charge in [0.05, 0.1) is 14.2 Å². The zero-order valence-corrected chi connectivity index (χ0v) is 15.3. The lowest BCUT2D eigenvalue weighted by Gasteiger charge is -2.13. The minimum atomic E-state index is -0.976. The van der Waals surface area contributed by atoms with Gasteiger partial charge in [-0.2, -0.15) is 0 Å². The van der Waals surface area contributed by atoms with Crippen molar-refractivity contribution >= 4 is 18.9 Å². The SMILES string of the molecule is C=CCc1cc(C=NC(CCCNN)C(=O)O)c(OC)c(OC)c1.C=N. The molecule has 1 aromatic carbocycles. The molecule has 1 atom stereocenters. The van der Waals surface area contributed by atoms with Crippen molar-refractivity contribution in [2.24, 2.45) is 10.8 Å². The number of benzene rings is 1. The molecule has 0 amide bonds. The molecule has 0 aliphatic rings. The first-order valence-electron chi connectivity index (χ1n) is 7.98. The number of methoxy groups -OCH3 is 2. The third-order valence-corrected chi connectivity index (χ3v) is 3.42. The van der Waals surface area contributed by atoms with E-state index in [0.717, 1.165) is 5.56 Å². The van der Waals surface area contributed by atoms with E-state index >= 15 is 0 Å². The van der Waals surface area contributed by atoms with Crippen LogP contribution in [0.3, 0.4) is 0 Å². The minimum absolute atomic E-state index is 0.391. The van der Waals surface area contributed by atoms with Crippen molar-refractivity contribution in [2.75, 3.05) is 20.8 Å². The maximum atomic E-state index is 11.3. The number of hydrogen-bond donors (Lipinski definition) is 4. The van der Waals surface area contributed by atoms with Gasteiger partial charge in [-0.1, -0.05) is 6.08 Å². The Morgan fingerprint density at radius 2 is 2.12 bits per heavy atom. The second-order valence-corrected chi connectivity index (χ2v) is 5.14. The van der Waals surface area contributed by atoms with Crippen LogP contribution in [0.1, 0.15) is 24.0 Å². The number of ether oxygens (including phenoxy) is 2. The van der Waals surface area contributed by atoms with Crippen LogP contribution in [0.4, 0.5) is 0 Å². The highest BCUT2D eigenvalue weighted by Gasteiger charge is 2.16. The number of nitrogens with two attached hydrogens (primary N) is 1. The van der Waals surface area contributed by atoms with Crippen LogP contribution in [0, 0.1) is 5.41 Å². The predicted molar refractivity (Wildman–Crippen MR) is 104 cm³/mol. The molecule has 1 aromatic rings. The molecule has 26 heavy (non-hydrogen) atoms. The lowest BCUT2D eigenvalue weighted by Crippen LogP contribution is -2.25. The van der Waals surface area contributed by atoms with Gasteiger partial charge in [-0.15, -0.1) is 6.58 Å². The van der Waals surface area contributed by atoms with E-state index in [9.17, 15) is 9.90 Å². The molecule has 0 aliphatic carbocycles. The van der Waals surface area contributed by atoms with Crippen LogP contribution in [0.25, 0.3) is 0 Å².